The number of nitrogens with one attached hydrogen (secondary N) is 2. The molecule has 2 aromatic carbocycles. The summed E-state index contributed by atoms with van der Waals surface area (Å²) in [5, 5.41) is 6.13. The van der Waals surface area contributed by atoms with Crippen molar-refractivity contribution in [1.82, 2.24) is 19.8 Å². The molecule has 0 aliphatic carbocycles. The van der Waals surface area contributed by atoms with Gasteiger partial charge >= 0.3 is 6.03 Å². The maximum Gasteiger partial charge on any atom is 0.318 e. The number of carbonyl (C=O) groups excluding carboxylic acids is 2. The predicted molar refractivity (Wildman–Crippen MR) is 131 cm³/mol. The van der Waals surface area contributed by atoms with Gasteiger partial charge in [-0.1, -0.05) is 48.0 Å². The second kappa shape index (κ2) is 10.7. The normalized spacial score (nSPS) is 10.6. The first kappa shape index (κ1) is 23.1. The molecule has 8 nitrogen and oxygen atoms in total. The molecule has 4 aromatic rings. The first-order chi connectivity index (χ1) is 16.5. The summed E-state index contributed by atoms with van der Waals surface area (Å²) in [7, 11) is 0. The number of imidazole rings is 1. The van der Waals surface area contributed by atoms with Crippen LogP contribution in [0.4, 0.5) is 10.7 Å². The summed E-state index contributed by atoms with van der Waals surface area (Å²) in [4.78, 5) is 31.6. The fourth-order valence-electron chi connectivity index (χ4n) is 3.43. The molecule has 2 N–H and O–H groups in total. The molecule has 2 heterocycles. The number of halogens is 1. The summed E-state index contributed by atoms with van der Waals surface area (Å²) in [6.07, 6.45) is 3.36. The predicted octanol–water partition coefficient (Wildman–Crippen LogP) is 4.96. The quantitative estimate of drug-likeness (QED) is 0.375. The summed E-state index contributed by atoms with van der Waals surface area (Å²) >= 11 is 6.20. The van der Waals surface area contributed by atoms with Crippen LogP contribution in [-0.2, 0) is 11.3 Å². The highest BCUT2D eigenvalue weighted by Gasteiger charge is 2.20. The summed E-state index contributed by atoms with van der Waals surface area (Å²) in [5.74, 6) is 0.497. The van der Waals surface area contributed by atoms with Gasteiger partial charge in [0.25, 0.3) is 0 Å². The Morgan fingerprint density at radius 3 is 2.62 bits per heavy atom. The highest BCUT2D eigenvalue weighted by atomic mass is 35.5. The summed E-state index contributed by atoms with van der Waals surface area (Å²) in [5.41, 5.74) is 2.33. The number of amides is 3. The third-order valence-electron chi connectivity index (χ3n) is 4.99. The van der Waals surface area contributed by atoms with Crippen molar-refractivity contribution >= 4 is 29.5 Å². The van der Waals surface area contributed by atoms with Crippen molar-refractivity contribution in [3.8, 4) is 16.9 Å². The lowest BCUT2D eigenvalue weighted by Gasteiger charge is -2.21. The summed E-state index contributed by atoms with van der Waals surface area (Å²) in [6, 6.07) is 20.0. The van der Waals surface area contributed by atoms with E-state index in [0.717, 1.165) is 11.3 Å². The van der Waals surface area contributed by atoms with Gasteiger partial charge in [0, 0.05) is 29.0 Å². The van der Waals surface area contributed by atoms with E-state index in [1.165, 1.54) is 11.2 Å². The topological polar surface area (TPSA) is 92.4 Å². The number of furan rings is 1. The largest absolute Gasteiger partial charge is 0.467 e. The smallest absolute Gasteiger partial charge is 0.318 e. The van der Waals surface area contributed by atoms with Gasteiger partial charge in [0.05, 0.1) is 18.5 Å². The molecule has 9 heteroatoms. The molecule has 0 unspecified atom stereocenters. The molecule has 2 aromatic heterocycles. The molecular weight excluding hydrogens is 454 g/mol. The van der Waals surface area contributed by atoms with Crippen LogP contribution in [0, 0.1) is 0 Å². The van der Waals surface area contributed by atoms with Crippen molar-refractivity contribution in [2.45, 2.75) is 13.5 Å². The van der Waals surface area contributed by atoms with E-state index in [2.05, 4.69) is 15.6 Å². The highest BCUT2D eigenvalue weighted by Crippen LogP contribution is 2.25. The van der Waals surface area contributed by atoms with Crippen LogP contribution in [0.1, 0.15) is 12.7 Å². The van der Waals surface area contributed by atoms with Crippen molar-refractivity contribution < 1.29 is 14.0 Å². The Balaban J connectivity index is 1.60. The van der Waals surface area contributed by atoms with Gasteiger partial charge in [-0.3, -0.25) is 14.7 Å². The molecule has 0 bridgehead atoms. The standard InChI is InChI=1S/C25H24ClN5O3/c1-2-27-25(33)30(15-21-12-7-13-34-21)17-23(32)29-24-28-22(18-8-4-3-5-9-18)16-31(24)20-11-6-10-19(26)14-20/h3-14,16H,2,15,17H2,1H3,(H,27,33)(H,28,29,32). The average Bonchev–Trinajstić information content (AvgIpc) is 3.49. The Labute approximate surface area is 202 Å². The fraction of sp³-hybridized carbons (Fsp3) is 0.160. The van der Waals surface area contributed by atoms with Crippen LogP contribution in [0.15, 0.2) is 83.6 Å². The molecule has 0 fully saturated rings. The third kappa shape index (κ3) is 5.65. The number of nitrogens with zero attached hydrogens (tertiary/aromatic N) is 3. The molecule has 0 aliphatic heterocycles. The van der Waals surface area contributed by atoms with Crippen LogP contribution >= 0.6 is 11.6 Å². The third-order valence-corrected chi connectivity index (χ3v) is 5.22. The van der Waals surface area contributed by atoms with E-state index in [0.29, 0.717) is 29.0 Å². The van der Waals surface area contributed by atoms with Crippen molar-refractivity contribution in [3.63, 3.8) is 0 Å². The van der Waals surface area contributed by atoms with Gasteiger partial charge in [-0.05, 0) is 37.3 Å². The van der Waals surface area contributed by atoms with Crippen LogP contribution in [0.2, 0.25) is 5.02 Å². The zero-order valence-electron chi connectivity index (χ0n) is 18.6. The molecule has 0 saturated carbocycles. The van der Waals surface area contributed by atoms with E-state index < -0.39 is 5.91 Å². The second-order valence-electron chi connectivity index (χ2n) is 7.48. The van der Waals surface area contributed by atoms with Crippen molar-refractivity contribution in [2.75, 3.05) is 18.4 Å². The van der Waals surface area contributed by atoms with E-state index in [4.69, 9.17) is 16.0 Å². The summed E-state index contributed by atoms with van der Waals surface area (Å²) in [6.45, 7) is 2.23. The number of rotatable bonds is 8. The Hall–Kier alpha value is -4.04. The van der Waals surface area contributed by atoms with Crippen LogP contribution < -0.4 is 10.6 Å². The maximum absolute atomic E-state index is 13.0. The molecule has 34 heavy (non-hydrogen) atoms. The molecule has 0 aliphatic rings. The molecule has 0 radical (unpaired) electrons. The lowest BCUT2D eigenvalue weighted by Crippen LogP contribution is -2.43. The van der Waals surface area contributed by atoms with E-state index in [9.17, 15) is 9.59 Å². The number of hydrogen-bond donors (Lipinski definition) is 2. The molecule has 0 spiro atoms. The lowest BCUT2D eigenvalue weighted by molar-refractivity contribution is -0.117. The Bertz CT molecular complexity index is 1250. The number of hydrogen-bond acceptors (Lipinski definition) is 4. The first-order valence-corrected chi connectivity index (χ1v) is 11.2. The van der Waals surface area contributed by atoms with Gasteiger partial charge in [-0.15, -0.1) is 0 Å². The number of urea groups is 1. The first-order valence-electron chi connectivity index (χ1n) is 10.8. The molecular formula is C25H24ClN5O3. The minimum Gasteiger partial charge on any atom is -0.467 e. The average molecular weight is 478 g/mol. The van der Waals surface area contributed by atoms with Gasteiger partial charge in [0.2, 0.25) is 11.9 Å². The molecule has 0 saturated heterocycles. The second-order valence-corrected chi connectivity index (χ2v) is 7.92. The van der Waals surface area contributed by atoms with E-state index in [1.54, 1.807) is 28.8 Å². The zero-order valence-corrected chi connectivity index (χ0v) is 19.3. The SMILES string of the molecule is CCNC(=O)N(CC(=O)Nc1nc(-c2ccccc2)cn1-c1cccc(Cl)c1)Cc1ccco1. The van der Waals surface area contributed by atoms with E-state index >= 15 is 0 Å². The Kier molecular flexibility index (Phi) is 7.29. The van der Waals surface area contributed by atoms with Crippen LogP contribution in [-0.4, -0.2) is 39.5 Å². The van der Waals surface area contributed by atoms with Gasteiger partial charge in [0.1, 0.15) is 12.3 Å². The Morgan fingerprint density at radius 2 is 1.91 bits per heavy atom. The minimum absolute atomic E-state index is 0.157. The number of aromatic nitrogens is 2. The molecule has 0 atom stereocenters. The number of anilines is 1. The lowest BCUT2D eigenvalue weighted by atomic mass is 10.2. The highest BCUT2D eigenvalue weighted by molar-refractivity contribution is 6.30. The van der Waals surface area contributed by atoms with Crippen LogP contribution in [0.3, 0.4) is 0 Å². The zero-order chi connectivity index (χ0) is 23.9. The van der Waals surface area contributed by atoms with Gasteiger partial charge in [-0.25, -0.2) is 9.78 Å². The van der Waals surface area contributed by atoms with Crippen LogP contribution in [0.25, 0.3) is 16.9 Å². The van der Waals surface area contributed by atoms with E-state index in [-0.39, 0.29) is 19.1 Å². The van der Waals surface area contributed by atoms with Gasteiger partial charge < -0.3 is 14.6 Å². The van der Waals surface area contributed by atoms with Crippen molar-refractivity contribution in [1.29, 1.82) is 0 Å². The number of benzene rings is 2. The maximum atomic E-state index is 13.0. The van der Waals surface area contributed by atoms with Gasteiger partial charge in [0.15, 0.2) is 0 Å². The van der Waals surface area contributed by atoms with Crippen molar-refractivity contribution in [2.24, 2.45) is 0 Å². The molecule has 4 rings (SSSR count). The molecule has 174 valence electrons. The van der Waals surface area contributed by atoms with Crippen molar-refractivity contribution in [3.05, 3.63) is 90.0 Å². The van der Waals surface area contributed by atoms with E-state index in [1.807, 2.05) is 55.6 Å². The van der Waals surface area contributed by atoms with Gasteiger partial charge in [-0.2, -0.15) is 0 Å². The Morgan fingerprint density at radius 1 is 1.09 bits per heavy atom. The monoisotopic (exact) mass is 477 g/mol. The number of carbonyl (C=O) groups is 2. The minimum atomic E-state index is -0.397. The fourth-order valence-corrected chi connectivity index (χ4v) is 3.61. The van der Waals surface area contributed by atoms with Crippen LogP contribution in [0.5, 0.6) is 0 Å². The summed E-state index contributed by atoms with van der Waals surface area (Å²) < 4.78 is 7.11. The molecule has 3 amide bonds.